The first kappa shape index (κ1) is 11.0. The third-order valence-electron chi connectivity index (χ3n) is 2.50. The van der Waals surface area contributed by atoms with Crippen molar-refractivity contribution in [1.29, 1.82) is 0 Å². The van der Waals surface area contributed by atoms with Crippen molar-refractivity contribution in [3.63, 3.8) is 0 Å². The van der Waals surface area contributed by atoms with Crippen molar-refractivity contribution in [2.75, 3.05) is 5.43 Å². The van der Waals surface area contributed by atoms with Gasteiger partial charge in [0, 0.05) is 22.2 Å². The van der Waals surface area contributed by atoms with Gasteiger partial charge in [-0.3, -0.25) is 0 Å². The molecule has 0 spiro atoms. The zero-order chi connectivity index (χ0) is 11.5. The van der Waals surface area contributed by atoms with Crippen LogP contribution in [0.5, 0.6) is 0 Å². The fraction of sp³-hybridized carbons (Fsp3) is 0.273. The molecule has 0 aliphatic heterocycles. The van der Waals surface area contributed by atoms with E-state index in [9.17, 15) is 0 Å². The van der Waals surface area contributed by atoms with Crippen LogP contribution in [0, 0.1) is 6.92 Å². The fourth-order valence-corrected chi connectivity index (χ4v) is 2.20. The Bertz CT molecular complexity index is 454. The Morgan fingerprint density at radius 3 is 2.81 bits per heavy atom. The number of nitrogens with one attached hydrogen (secondary N) is 1. The van der Waals surface area contributed by atoms with Crippen LogP contribution in [0.4, 0.5) is 5.82 Å². The van der Waals surface area contributed by atoms with Crippen LogP contribution in [0.3, 0.4) is 0 Å². The molecular weight excluding hydrogens is 220 g/mol. The summed E-state index contributed by atoms with van der Waals surface area (Å²) in [6.07, 6.45) is 0.875. The summed E-state index contributed by atoms with van der Waals surface area (Å²) in [5.41, 5.74) is 5.71. The third kappa shape index (κ3) is 1.91. The predicted octanol–water partition coefficient (Wildman–Crippen LogP) is 2.36. The lowest BCUT2D eigenvalue weighted by Gasteiger charge is -2.10. The van der Waals surface area contributed by atoms with Gasteiger partial charge in [-0.2, -0.15) is 11.3 Å². The lowest BCUT2D eigenvalue weighted by molar-refractivity contribution is 0.974. The maximum absolute atomic E-state index is 5.46. The summed E-state index contributed by atoms with van der Waals surface area (Å²) < 4.78 is 0. The molecule has 0 bridgehead atoms. The minimum absolute atomic E-state index is 0.702. The zero-order valence-corrected chi connectivity index (χ0v) is 10.1. The lowest BCUT2D eigenvalue weighted by Crippen LogP contribution is -2.13. The molecule has 0 radical (unpaired) electrons. The van der Waals surface area contributed by atoms with Gasteiger partial charge in [-0.25, -0.2) is 15.8 Å². The van der Waals surface area contributed by atoms with Crippen LogP contribution in [0.1, 0.15) is 18.2 Å². The van der Waals surface area contributed by atoms with E-state index in [1.54, 1.807) is 11.3 Å². The van der Waals surface area contributed by atoms with Gasteiger partial charge in [-0.05, 0) is 24.8 Å². The molecule has 0 saturated heterocycles. The average molecular weight is 234 g/mol. The van der Waals surface area contributed by atoms with Crippen LogP contribution in [0.2, 0.25) is 0 Å². The average Bonchev–Trinajstić information content (AvgIpc) is 2.83. The van der Waals surface area contributed by atoms with E-state index in [0.29, 0.717) is 5.82 Å². The maximum Gasteiger partial charge on any atom is 0.162 e. The van der Waals surface area contributed by atoms with E-state index in [0.717, 1.165) is 29.1 Å². The van der Waals surface area contributed by atoms with Crippen LogP contribution in [-0.2, 0) is 6.42 Å². The van der Waals surface area contributed by atoms with Crippen LogP contribution in [-0.4, -0.2) is 9.97 Å². The number of hydrogen-bond donors (Lipinski definition) is 2. The highest BCUT2D eigenvalue weighted by Gasteiger charge is 2.10. The Hall–Kier alpha value is -1.46. The fourth-order valence-electron chi connectivity index (χ4n) is 1.57. The summed E-state index contributed by atoms with van der Waals surface area (Å²) in [5.74, 6) is 6.89. The van der Waals surface area contributed by atoms with E-state index in [-0.39, 0.29) is 0 Å². The first-order chi connectivity index (χ1) is 7.76. The SMILES string of the molecule is CCc1nc(-c2ccsc2)nc(NN)c1C. The highest BCUT2D eigenvalue weighted by Crippen LogP contribution is 2.23. The van der Waals surface area contributed by atoms with Gasteiger partial charge in [0.1, 0.15) is 5.82 Å². The van der Waals surface area contributed by atoms with Gasteiger partial charge in [0.15, 0.2) is 5.82 Å². The molecule has 2 rings (SSSR count). The van der Waals surface area contributed by atoms with Crippen LogP contribution in [0.15, 0.2) is 16.8 Å². The summed E-state index contributed by atoms with van der Waals surface area (Å²) in [5, 5.41) is 4.05. The Labute approximate surface area is 98.5 Å². The van der Waals surface area contributed by atoms with Gasteiger partial charge in [0.2, 0.25) is 0 Å². The standard InChI is InChI=1S/C11H14N4S/c1-3-9-7(2)10(15-12)14-11(13-9)8-4-5-16-6-8/h4-6H,3,12H2,1-2H3,(H,13,14,15). The highest BCUT2D eigenvalue weighted by molar-refractivity contribution is 7.08. The van der Waals surface area contributed by atoms with Crippen molar-refractivity contribution in [3.8, 4) is 11.4 Å². The second-order valence-electron chi connectivity index (χ2n) is 3.48. The second-order valence-corrected chi connectivity index (χ2v) is 4.26. The number of aryl methyl sites for hydroxylation is 1. The number of hydrogen-bond acceptors (Lipinski definition) is 5. The summed E-state index contributed by atoms with van der Waals surface area (Å²) in [6, 6.07) is 2.01. The minimum Gasteiger partial charge on any atom is -0.308 e. The Morgan fingerprint density at radius 1 is 1.44 bits per heavy atom. The van der Waals surface area contributed by atoms with E-state index < -0.39 is 0 Å². The van der Waals surface area contributed by atoms with E-state index in [2.05, 4.69) is 22.3 Å². The molecule has 2 aromatic heterocycles. The molecule has 0 aromatic carbocycles. The molecule has 2 heterocycles. The van der Waals surface area contributed by atoms with Gasteiger partial charge < -0.3 is 5.43 Å². The number of hydrazine groups is 1. The molecule has 0 unspecified atom stereocenters. The monoisotopic (exact) mass is 234 g/mol. The molecular formula is C11H14N4S. The molecule has 0 atom stereocenters. The number of aromatic nitrogens is 2. The van der Waals surface area contributed by atoms with Crippen molar-refractivity contribution in [1.82, 2.24) is 9.97 Å². The van der Waals surface area contributed by atoms with Crippen LogP contribution in [0.25, 0.3) is 11.4 Å². The van der Waals surface area contributed by atoms with Gasteiger partial charge in [0.05, 0.1) is 0 Å². The van der Waals surface area contributed by atoms with Crippen molar-refractivity contribution in [3.05, 3.63) is 28.1 Å². The Morgan fingerprint density at radius 2 is 2.25 bits per heavy atom. The summed E-state index contributed by atoms with van der Waals surface area (Å²) in [7, 11) is 0. The van der Waals surface area contributed by atoms with Crippen molar-refractivity contribution in [2.45, 2.75) is 20.3 Å². The smallest absolute Gasteiger partial charge is 0.162 e. The largest absolute Gasteiger partial charge is 0.308 e. The molecule has 0 fully saturated rings. The van der Waals surface area contributed by atoms with Crippen molar-refractivity contribution in [2.24, 2.45) is 5.84 Å². The lowest BCUT2D eigenvalue weighted by atomic mass is 10.2. The van der Waals surface area contributed by atoms with Crippen molar-refractivity contribution < 1.29 is 0 Å². The van der Waals surface area contributed by atoms with Crippen LogP contribution < -0.4 is 11.3 Å². The first-order valence-electron chi connectivity index (χ1n) is 5.13. The summed E-state index contributed by atoms with van der Waals surface area (Å²) >= 11 is 1.63. The number of nitrogens with two attached hydrogens (primary N) is 1. The van der Waals surface area contributed by atoms with Gasteiger partial charge in [-0.1, -0.05) is 6.92 Å². The van der Waals surface area contributed by atoms with E-state index in [4.69, 9.17) is 5.84 Å². The Kier molecular flexibility index (Phi) is 3.17. The third-order valence-corrected chi connectivity index (χ3v) is 3.18. The van der Waals surface area contributed by atoms with Crippen LogP contribution >= 0.6 is 11.3 Å². The second kappa shape index (κ2) is 4.59. The number of nitrogen functional groups attached to an aromatic ring is 1. The normalized spacial score (nSPS) is 10.4. The summed E-state index contributed by atoms with van der Waals surface area (Å²) in [4.78, 5) is 8.94. The summed E-state index contributed by atoms with van der Waals surface area (Å²) in [6.45, 7) is 4.05. The zero-order valence-electron chi connectivity index (χ0n) is 9.32. The quantitative estimate of drug-likeness (QED) is 0.632. The van der Waals surface area contributed by atoms with E-state index in [1.165, 1.54) is 0 Å². The van der Waals surface area contributed by atoms with Gasteiger partial charge in [0.25, 0.3) is 0 Å². The Balaban J connectivity index is 2.56. The maximum atomic E-state index is 5.46. The molecule has 84 valence electrons. The molecule has 0 aliphatic rings. The number of anilines is 1. The molecule has 16 heavy (non-hydrogen) atoms. The van der Waals surface area contributed by atoms with E-state index in [1.807, 2.05) is 23.8 Å². The first-order valence-corrected chi connectivity index (χ1v) is 6.07. The molecule has 0 aliphatic carbocycles. The molecule has 2 aromatic rings. The van der Waals surface area contributed by atoms with Gasteiger partial charge >= 0.3 is 0 Å². The number of rotatable bonds is 3. The molecule has 5 heteroatoms. The molecule has 4 nitrogen and oxygen atoms in total. The highest BCUT2D eigenvalue weighted by atomic mass is 32.1. The minimum atomic E-state index is 0.702. The molecule has 0 saturated carbocycles. The van der Waals surface area contributed by atoms with Crippen molar-refractivity contribution >= 4 is 17.2 Å². The van der Waals surface area contributed by atoms with E-state index >= 15 is 0 Å². The predicted molar refractivity (Wildman–Crippen MR) is 67.3 cm³/mol. The number of nitrogens with zero attached hydrogens (tertiary/aromatic N) is 2. The molecule has 0 amide bonds. The topological polar surface area (TPSA) is 63.8 Å². The number of thiophene rings is 1. The molecule has 3 N–H and O–H groups in total. The van der Waals surface area contributed by atoms with Gasteiger partial charge in [-0.15, -0.1) is 0 Å².